The Morgan fingerprint density at radius 3 is 2.94 bits per heavy atom. The molecule has 16 heavy (non-hydrogen) atoms. The summed E-state index contributed by atoms with van der Waals surface area (Å²) in [5.41, 5.74) is 1.48. The molecule has 84 valence electrons. The fourth-order valence-electron chi connectivity index (χ4n) is 1.40. The molecule has 0 radical (unpaired) electrons. The minimum atomic E-state index is 0.116. The van der Waals surface area contributed by atoms with E-state index in [1.807, 2.05) is 12.2 Å². The fourth-order valence-corrected chi connectivity index (χ4v) is 1.89. The Hall–Kier alpha value is -1.10. The zero-order valence-electron chi connectivity index (χ0n) is 8.24. The third kappa shape index (κ3) is 2.19. The molecule has 6 heteroatoms. The van der Waals surface area contributed by atoms with Crippen molar-refractivity contribution in [2.24, 2.45) is 0 Å². The van der Waals surface area contributed by atoms with Gasteiger partial charge in [-0.1, -0.05) is 23.8 Å². The van der Waals surface area contributed by atoms with Crippen LogP contribution in [0.1, 0.15) is 12.0 Å². The SMILES string of the molecule is OCCC=Cc1c[nH]c2nc(Cl)nc(Cl)c12. The number of nitrogens with zero attached hydrogens (tertiary/aromatic N) is 2. The van der Waals surface area contributed by atoms with E-state index in [1.54, 1.807) is 6.20 Å². The molecule has 0 atom stereocenters. The number of hydrogen-bond acceptors (Lipinski definition) is 3. The molecule has 0 unspecified atom stereocenters. The summed E-state index contributed by atoms with van der Waals surface area (Å²) in [4.78, 5) is 10.9. The topological polar surface area (TPSA) is 61.8 Å². The summed E-state index contributed by atoms with van der Waals surface area (Å²) in [6.45, 7) is 0.120. The molecule has 2 aromatic rings. The van der Waals surface area contributed by atoms with Crippen LogP contribution in [0.4, 0.5) is 0 Å². The van der Waals surface area contributed by atoms with Crippen LogP contribution in [0.5, 0.6) is 0 Å². The van der Waals surface area contributed by atoms with Crippen LogP contribution in [0.2, 0.25) is 10.4 Å². The Balaban J connectivity index is 2.48. The first kappa shape index (κ1) is 11.4. The standard InChI is InChI=1S/C10H9Cl2N3O/c11-8-7-6(3-1-2-4-16)5-13-9(7)15-10(12)14-8/h1,3,5,16H,2,4H2,(H,13,14,15). The number of aliphatic hydroxyl groups excluding tert-OH is 1. The monoisotopic (exact) mass is 257 g/mol. The molecule has 2 N–H and O–H groups in total. The maximum Gasteiger partial charge on any atom is 0.225 e. The number of H-pyrrole nitrogens is 1. The highest BCUT2D eigenvalue weighted by atomic mass is 35.5. The van der Waals surface area contributed by atoms with Crippen LogP contribution in [-0.2, 0) is 0 Å². The number of nitrogens with one attached hydrogen (secondary N) is 1. The number of hydrogen-bond donors (Lipinski definition) is 2. The predicted molar refractivity (Wildman–Crippen MR) is 64.6 cm³/mol. The smallest absolute Gasteiger partial charge is 0.225 e. The van der Waals surface area contributed by atoms with Crippen molar-refractivity contribution in [3.05, 3.63) is 28.3 Å². The van der Waals surface area contributed by atoms with Crippen LogP contribution >= 0.6 is 23.2 Å². The minimum Gasteiger partial charge on any atom is -0.396 e. The van der Waals surface area contributed by atoms with E-state index in [1.165, 1.54) is 0 Å². The van der Waals surface area contributed by atoms with Crippen molar-refractivity contribution >= 4 is 40.3 Å². The quantitative estimate of drug-likeness (QED) is 0.657. The van der Waals surface area contributed by atoms with Gasteiger partial charge >= 0.3 is 0 Å². The molecular formula is C10H9Cl2N3O. The van der Waals surface area contributed by atoms with E-state index in [-0.39, 0.29) is 11.9 Å². The van der Waals surface area contributed by atoms with Gasteiger partial charge in [0.05, 0.1) is 5.39 Å². The van der Waals surface area contributed by atoms with Gasteiger partial charge in [-0.15, -0.1) is 0 Å². The molecule has 0 aliphatic carbocycles. The third-order valence-corrected chi connectivity index (χ3v) is 2.53. The highest BCUT2D eigenvalue weighted by Crippen LogP contribution is 2.26. The molecule has 0 aliphatic rings. The van der Waals surface area contributed by atoms with Gasteiger partial charge in [-0.05, 0) is 18.0 Å². The predicted octanol–water partition coefficient (Wildman–Crippen LogP) is 2.66. The molecule has 4 nitrogen and oxygen atoms in total. The van der Waals surface area contributed by atoms with Crippen molar-refractivity contribution in [1.82, 2.24) is 15.0 Å². The Morgan fingerprint density at radius 2 is 2.19 bits per heavy atom. The summed E-state index contributed by atoms with van der Waals surface area (Å²) in [5.74, 6) is 0. The highest BCUT2D eigenvalue weighted by Gasteiger charge is 2.09. The molecule has 2 rings (SSSR count). The average molecular weight is 258 g/mol. The molecular weight excluding hydrogens is 249 g/mol. The number of aliphatic hydroxyl groups is 1. The lowest BCUT2D eigenvalue weighted by Gasteiger charge is -1.95. The van der Waals surface area contributed by atoms with Gasteiger partial charge in [-0.2, -0.15) is 4.98 Å². The summed E-state index contributed by atoms with van der Waals surface area (Å²) in [6, 6.07) is 0. The van der Waals surface area contributed by atoms with Crippen molar-refractivity contribution in [3.8, 4) is 0 Å². The summed E-state index contributed by atoms with van der Waals surface area (Å²) in [7, 11) is 0. The van der Waals surface area contributed by atoms with E-state index in [2.05, 4.69) is 15.0 Å². The van der Waals surface area contributed by atoms with Crippen LogP contribution in [0.15, 0.2) is 12.3 Å². The first-order valence-electron chi connectivity index (χ1n) is 4.70. The molecule has 0 bridgehead atoms. The third-order valence-electron chi connectivity index (χ3n) is 2.08. The van der Waals surface area contributed by atoms with E-state index < -0.39 is 0 Å². The number of rotatable bonds is 3. The van der Waals surface area contributed by atoms with Gasteiger partial charge in [0.15, 0.2) is 0 Å². The van der Waals surface area contributed by atoms with Gasteiger partial charge in [0.2, 0.25) is 5.28 Å². The molecule has 2 aromatic heterocycles. The Morgan fingerprint density at radius 1 is 1.38 bits per heavy atom. The van der Waals surface area contributed by atoms with Crippen LogP contribution in [0, 0.1) is 0 Å². The average Bonchev–Trinajstić information content (AvgIpc) is 2.62. The summed E-state index contributed by atoms with van der Waals surface area (Å²) in [6.07, 6.45) is 6.08. The van der Waals surface area contributed by atoms with Crippen LogP contribution in [0.25, 0.3) is 17.1 Å². The summed E-state index contributed by atoms with van der Waals surface area (Å²) >= 11 is 11.7. The second-order valence-electron chi connectivity index (χ2n) is 3.17. The van der Waals surface area contributed by atoms with Gasteiger partial charge in [0.25, 0.3) is 0 Å². The number of halogens is 2. The molecule has 0 aromatic carbocycles. The first-order chi connectivity index (χ1) is 7.72. The molecule has 0 saturated carbocycles. The second-order valence-corrected chi connectivity index (χ2v) is 3.86. The lowest BCUT2D eigenvalue weighted by Crippen LogP contribution is -1.85. The summed E-state index contributed by atoms with van der Waals surface area (Å²) in [5, 5.41) is 9.84. The highest BCUT2D eigenvalue weighted by molar-refractivity contribution is 6.36. The van der Waals surface area contributed by atoms with Crippen molar-refractivity contribution in [3.63, 3.8) is 0 Å². The van der Waals surface area contributed by atoms with Crippen molar-refractivity contribution in [2.45, 2.75) is 6.42 Å². The molecule has 0 fully saturated rings. The second kappa shape index (κ2) is 4.82. The van der Waals surface area contributed by atoms with Crippen LogP contribution < -0.4 is 0 Å². The first-order valence-corrected chi connectivity index (χ1v) is 5.45. The number of aromatic nitrogens is 3. The van der Waals surface area contributed by atoms with E-state index >= 15 is 0 Å². The molecule has 0 saturated heterocycles. The number of aromatic amines is 1. The van der Waals surface area contributed by atoms with E-state index in [0.29, 0.717) is 17.2 Å². The van der Waals surface area contributed by atoms with Gasteiger partial charge < -0.3 is 10.1 Å². The van der Waals surface area contributed by atoms with Gasteiger partial charge in [0, 0.05) is 18.4 Å². The van der Waals surface area contributed by atoms with Crippen molar-refractivity contribution in [2.75, 3.05) is 6.61 Å². The molecule has 2 heterocycles. The Bertz CT molecular complexity index is 536. The molecule has 0 amide bonds. The van der Waals surface area contributed by atoms with Crippen LogP contribution in [-0.4, -0.2) is 26.7 Å². The zero-order chi connectivity index (χ0) is 11.5. The van der Waals surface area contributed by atoms with Gasteiger partial charge in [-0.25, -0.2) is 4.98 Å². The Labute approximate surface area is 102 Å². The van der Waals surface area contributed by atoms with E-state index in [0.717, 1.165) is 10.9 Å². The van der Waals surface area contributed by atoms with Gasteiger partial charge in [-0.3, -0.25) is 0 Å². The molecule has 0 spiro atoms. The molecule has 0 aliphatic heterocycles. The van der Waals surface area contributed by atoms with Gasteiger partial charge in [0.1, 0.15) is 10.8 Å². The normalized spacial score (nSPS) is 11.7. The maximum atomic E-state index is 8.67. The Kier molecular flexibility index (Phi) is 3.43. The maximum absolute atomic E-state index is 8.67. The van der Waals surface area contributed by atoms with Crippen molar-refractivity contribution < 1.29 is 5.11 Å². The lowest BCUT2D eigenvalue weighted by atomic mass is 10.2. The van der Waals surface area contributed by atoms with E-state index in [4.69, 9.17) is 28.3 Å². The van der Waals surface area contributed by atoms with Crippen molar-refractivity contribution in [1.29, 1.82) is 0 Å². The summed E-state index contributed by atoms with van der Waals surface area (Å²) < 4.78 is 0. The zero-order valence-corrected chi connectivity index (χ0v) is 9.76. The lowest BCUT2D eigenvalue weighted by molar-refractivity contribution is 0.303. The van der Waals surface area contributed by atoms with E-state index in [9.17, 15) is 0 Å². The fraction of sp³-hybridized carbons (Fsp3) is 0.200. The minimum absolute atomic E-state index is 0.116. The van der Waals surface area contributed by atoms with Crippen LogP contribution in [0.3, 0.4) is 0 Å². The number of fused-ring (bicyclic) bond motifs is 1. The largest absolute Gasteiger partial charge is 0.396 e.